The molecule has 1 atom stereocenters. The molecule has 0 saturated heterocycles. The predicted octanol–water partition coefficient (Wildman–Crippen LogP) is 5.53. The van der Waals surface area contributed by atoms with Gasteiger partial charge in [-0.1, -0.05) is 60.1 Å². The van der Waals surface area contributed by atoms with E-state index in [9.17, 15) is 8.42 Å². The van der Waals surface area contributed by atoms with E-state index in [0.29, 0.717) is 5.02 Å². The van der Waals surface area contributed by atoms with Crippen molar-refractivity contribution < 1.29 is 8.42 Å². The number of hydrogen-bond donors (Lipinski definition) is 1. The summed E-state index contributed by atoms with van der Waals surface area (Å²) in [4.78, 5) is 4.45. The summed E-state index contributed by atoms with van der Waals surface area (Å²) in [5.74, 6) is 0. The van der Waals surface area contributed by atoms with Gasteiger partial charge in [0.05, 0.1) is 11.7 Å². The van der Waals surface area contributed by atoms with E-state index < -0.39 is 16.1 Å². The number of aromatic nitrogens is 1. The number of thiophene rings is 1. The minimum absolute atomic E-state index is 0.270. The highest BCUT2D eigenvalue weighted by Gasteiger charge is 2.26. The van der Waals surface area contributed by atoms with Gasteiger partial charge in [-0.3, -0.25) is 4.98 Å². The van der Waals surface area contributed by atoms with Crippen LogP contribution in [-0.4, -0.2) is 13.4 Å². The van der Waals surface area contributed by atoms with Crippen molar-refractivity contribution in [3.8, 4) is 11.3 Å². The summed E-state index contributed by atoms with van der Waals surface area (Å²) < 4.78 is 29.2. The molecule has 0 spiro atoms. The van der Waals surface area contributed by atoms with Crippen LogP contribution in [-0.2, 0) is 10.0 Å². The van der Waals surface area contributed by atoms with Gasteiger partial charge in [-0.2, -0.15) is 4.72 Å². The molecule has 4 aromatic rings. The Hall–Kier alpha value is -2.51. The summed E-state index contributed by atoms with van der Waals surface area (Å²) in [7, 11) is -3.71. The maximum atomic E-state index is 13.0. The van der Waals surface area contributed by atoms with Crippen molar-refractivity contribution in [1.82, 2.24) is 9.71 Å². The first kappa shape index (κ1) is 19.8. The third kappa shape index (κ3) is 4.41. The summed E-state index contributed by atoms with van der Waals surface area (Å²) in [6.45, 7) is 0. The van der Waals surface area contributed by atoms with Crippen LogP contribution in [0.4, 0.5) is 0 Å². The summed E-state index contributed by atoms with van der Waals surface area (Å²) in [5, 5.41) is 2.33. The molecule has 0 bridgehead atoms. The third-order valence-electron chi connectivity index (χ3n) is 4.45. The molecule has 146 valence electrons. The van der Waals surface area contributed by atoms with Gasteiger partial charge in [-0.05, 0) is 46.8 Å². The van der Waals surface area contributed by atoms with Crippen LogP contribution in [0, 0.1) is 0 Å². The van der Waals surface area contributed by atoms with Gasteiger partial charge in [0.25, 0.3) is 10.0 Å². The summed E-state index contributed by atoms with van der Waals surface area (Å²) >= 11 is 7.24. The first-order valence-corrected chi connectivity index (χ1v) is 11.6. The highest BCUT2D eigenvalue weighted by Crippen LogP contribution is 2.33. The zero-order valence-corrected chi connectivity index (χ0v) is 17.6. The number of hydrogen-bond acceptors (Lipinski definition) is 4. The minimum atomic E-state index is -3.71. The highest BCUT2D eigenvalue weighted by atomic mass is 35.5. The van der Waals surface area contributed by atoms with E-state index in [2.05, 4.69) is 9.71 Å². The second kappa shape index (κ2) is 8.47. The molecule has 1 N–H and O–H groups in total. The number of nitrogens with zero attached hydrogens (tertiary/aromatic N) is 1. The zero-order valence-electron chi connectivity index (χ0n) is 15.2. The number of halogens is 1. The van der Waals surface area contributed by atoms with Crippen LogP contribution in [0.1, 0.15) is 17.2 Å². The number of pyridine rings is 1. The fourth-order valence-electron chi connectivity index (χ4n) is 3.10. The third-order valence-corrected chi connectivity index (χ3v) is 7.52. The van der Waals surface area contributed by atoms with Crippen molar-refractivity contribution in [3.05, 3.63) is 107 Å². The Morgan fingerprint density at radius 1 is 0.897 bits per heavy atom. The maximum absolute atomic E-state index is 13.0. The molecule has 0 fully saturated rings. The second-order valence-electron chi connectivity index (χ2n) is 6.34. The van der Waals surface area contributed by atoms with Gasteiger partial charge in [-0.15, -0.1) is 11.3 Å². The van der Waals surface area contributed by atoms with E-state index in [0.717, 1.165) is 22.4 Å². The van der Waals surface area contributed by atoms with Crippen molar-refractivity contribution in [1.29, 1.82) is 0 Å². The first-order chi connectivity index (χ1) is 14.0. The van der Waals surface area contributed by atoms with E-state index in [1.807, 2.05) is 54.6 Å². The molecule has 2 heterocycles. The molecule has 1 unspecified atom stereocenters. The zero-order chi connectivity index (χ0) is 20.3. The van der Waals surface area contributed by atoms with Crippen LogP contribution in [0.25, 0.3) is 11.3 Å². The predicted molar refractivity (Wildman–Crippen MR) is 118 cm³/mol. The Morgan fingerprint density at radius 3 is 2.34 bits per heavy atom. The van der Waals surface area contributed by atoms with Crippen LogP contribution in [0.15, 0.2) is 94.6 Å². The quantitative estimate of drug-likeness (QED) is 0.428. The van der Waals surface area contributed by atoms with E-state index in [4.69, 9.17) is 11.6 Å². The topological polar surface area (TPSA) is 59.1 Å². The van der Waals surface area contributed by atoms with Gasteiger partial charge in [0.1, 0.15) is 4.21 Å². The van der Waals surface area contributed by atoms with E-state index in [1.54, 1.807) is 35.8 Å². The maximum Gasteiger partial charge on any atom is 0.250 e. The van der Waals surface area contributed by atoms with Crippen molar-refractivity contribution in [2.24, 2.45) is 0 Å². The molecule has 2 aromatic heterocycles. The monoisotopic (exact) mass is 440 g/mol. The van der Waals surface area contributed by atoms with Gasteiger partial charge < -0.3 is 0 Å². The smallest absolute Gasteiger partial charge is 0.250 e. The molecule has 0 aliphatic carbocycles. The lowest BCUT2D eigenvalue weighted by Gasteiger charge is -2.22. The molecule has 0 radical (unpaired) electrons. The normalized spacial score (nSPS) is 12.6. The van der Waals surface area contributed by atoms with Gasteiger partial charge in [-0.25, -0.2) is 8.42 Å². The van der Waals surface area contributed by atoms with E-state index in [-0.39, 0.29) is 4.21 Å². The van der Waals surface area contributed by atoms with Crippen molar-refractivity contribution >= 4 is 33.0 Å². The van der Waals surface area contributed by atoms with Crippen molar-refractivity contribution in [2.75, 3.05) is 0 Å². The van der Waals surface area contributed by atoms with Crippen LogP contribution >= 0.6 is 22.9 Å². The Morgan fingerprint density at radius 2 is 1.66 bits per heavy atom. The lowest BCUT2D eigenvalue weighted by Crippen LogP contribution is -2.29. The number of rotatable bonds is 6. The Kier molecular flexibility index (Phi) is 5.78. The number of benzene rings is 2. The average Bonchev–Trinajstić information content (AvgIpc) is 3.30. The summed E-state index contributed by atoms with van der Waals surface area (Å²) in [6, 6.07) is 23.2. The number of nitrogens with one attached hydrogen (secondary N) is 1. The molecule has 0 aliphatic rings. The largest absolute Gasteiger partial charge is 0.256 e. The fraction of sp³-hybridized carbons (Fsp3) is 0.0455. The second-order valence-corrected chi connectivity index (χ2v) is 9.67. The Balaban J connectivity index is 1.85. The molecule has 2 aromatic carbocycles. The molecule has 0 aliphatic heterocycles. The summed E-state index contributed by atoms with van der Waals surface area (Å²) in [5.41, 5.74) is 3.24. The van der Waals surface area contributed by atoms with Crippen LogP contribution in [0.3, 0.4) is 0 Å². The van der Waals surface area contributed by atoms with Gasteiger partial charge in [0, 0.05) is 16.8 Å². The Labute approximate surface area is 178 Å². The van der Waals surface area contributed by atoms with Crippen LogP contribution in [0.5, 0.6) is 0 Å². The standard InChI is InChI=1S/C22H17ClN2O2S2/c23-17-12-10-16(11-13-17)22(25-29(26,27)21-9-5-15-28-21)19-7-2-1-6-18(19)20-8-3-4-14-24-20/h1-15,22,25H. The molecule has 0 amide bonds. The molecule has 7 heteroatoms. The van der Waals surface area contributed by atoms with Gasteiger partial charge >= 0.3 is 0 Å². The molecule has 29 heavy (non-hydrogen) atoms. The van der Waals surface area contributed by atoms with Gasteiger partial charge in [0.15, 0.2) is 0 Å². The van der Waals surface area contributed by atoms with Crippen molar-refractivity contribution in [2.45, 2.75) is 10.3 Å². The summed E-state index contributed by atoms with van der Waals surface area (Å²) in [6.07, 6.45) is 1.72. The average molecular weight is 441 g/mol. The van der Waals surface area contributed by atoms with Crippen LogP contribution in [0.2, 0.25) is 5.02 Å². The molecule has 4 nitrogen and oxygen atoms in total. The minimum Gasteiger partial charge on any atom is -0.256 e. The van der Waals surface area contributed by atoms with Crippen molar-refractivity contribution in [3.63, 3.8) is 0 Å². The van der Waals surface area contributed by atoms with Gasteiger partial charge in [0.2, 0.25) is 0 Å². The molecular formula is C22H17ClN2O2S2. The lowest BCUT2D eigenvalue weighted by molar-refractivity contribution is 0.574. The van der Waals surface area contributed by atoms with Crippen LogP contribution < -0.4 is 4.72 Å². The van der Waals surface area contributed by atoms with E-state index in [1.165, 1.54) is 11.3 Å². The SMILES string of the molecule is O=S(=O)(NC(c1ccc(Cl)cc1)c1ccccc1-c1ccccn1)c1cccs1. The first-order valence-electron chi connectivity index (χ1n) is 8.86. The fourth-order valence-corrected chi connectivity index (χ4v) is 5.44. The molecular weight excluding hydrogens is 424 g/mol. The Bertz CT molecular complexity index is 1190. The lowest BCUT2D eigenvalue weighted by atomic mass is 9.93. The van der Waals surface area contributed by atoms with E-state index >= 15 is 0 Å². The molecule has 4 rings (SSSR count). The number of sulfonamides is 1. The highest BCUT2D eigenvalue weighted by molar-refractivity contribution is 7.91. The molecule has 0 saturated carbocycles.